The third-order valence-electron chi connectivity index (χ3n) is 8.90. The lowest BCUT2D eigenvalue weighted by atomic mass is 9.90. The summed E-state index contributed by atoms with van der Waals surface area (Å²) in [5.74, 6) is -1.10. The largest absolute Gasteiger partial charge is 0.482 e. The molecule has 3 aliphatic rings. The summed E-state index contributed by atoms with van der Waals surface area (Å²) in [5, 5.41) is 9.52. The number of anilines is 2. The van der Waals surface area contributed by atoms with E-state index in [1.54, 1.807) is 31.0 Å². The Morgan fingerprint density at radius 3 is 2.22 bits per heavy atom. The smallest absolute Gasteiger partial charge is 0.416 e. The number of carbonyl (C=O) groups is 2. The Bertz CT molecular complexity index is 1570. The number of rotatable bonds is 8. The van der Waals surface area contributed by atoms with Crippen molar-refractivity contribution in [3.8, 4) is 0 Å². The van der Waals surface area contributed by atoms with Gasteiger partial charge in [0.1, 0.15) is 0 Å². The number of carbonyl (C=O) groups excluding carboxylic acids is 1. The van der Waals surface area contributed by atoms with Gasteiger partial charge in [-0.2, -0.15) is 26.3 Å². The molecule has 11 nitrogen and oxygen atoms in total. The SMILES string of the molecule is CCOC(=O)N1CC[C@H](N(Cc2cc(C(F)(F)F)cc(C(F)(F)F)c2)c2ncc(N3CCCC(C(=O)O)C3)cn2)C2C1=CC=C(OC)N2C. The molecule has 49 heavy (non-hydrogen) atoms. The molecule has 1 aromatic carbocycles. The number of hydrogen-bond acceptors (Lipinski definition) is 9. The molecule has 0 bridgehead atoms. The molecule has 0 spiro atoms. The number of likely N-dealkylation sites (N-methyl/N-ethyl adjacent to an activating group) is 1. The number of carboxylic acids is 1. The van der Waals surface area contributed by atoms with Crippen molar-refractivity contribution in [2.24, 2.45) is 5.92 Å². The fourth-order valence-electron chi connectivity index (χ4n) is 6.58. The number of fused-ring (bicyclic) bond motifs is 1. The molecule has 17 heteroatoms. The van der Waals surface area contributed by atoms with E-state index in [0.29, 0.717) is 48.8 Å². The number of carboxylic acid groups (broad SMARTS) is 1. The van der Waals surface area contributed by atoms with Crippen LogP contribution >= 0.6 is 0 Å². The van der Waals surface area contributed by atoms with Crippen molar-refractivity contribution in [1.29, 1.82) is 0 Å². The van der Waals surface area contributed by atoms with Crippen molar-refractivity contribution in [2.45, 2.75) is 57.2 Å². The second kappa shape index (κ2) is 14.0. The first-order chi connectivity index (χ1) is 23.1. The number of benzene rings is 1. The summed E-state index contributed by atoms with van der Waals surface area (Å²) < 4.78 is 93.9. The number of likely N-dealkylation sites (tertiary alicyclic amines) is 1. The van der Waals surface area contributed by atoms with Crippen molar-refractivity contribution < 1.29 is 50.5 Å². The lowest BCUT2D eigenvalue weighted by molar-refractivity contribution is -0.143. The highest BCUT2D eigenvalue weighted by atomic mass is 19.4. The van der Waals surface area contributed by atoms with Crippen molar-refractivity contribution in [3.05, 3.63) is 71.0 Å². The summed E-state index contributed by atoms with van der Waals surface area (Å²) >= 11 is 0. The molecule has 2 saturated heterocycles. The Labute approximate surface area is 278 Å². The number of piperidine rings is 2. The third-order valence-corrected chi connectivity index (χ3v) is 8.90. The maximum absolute atomic E-state index is 13.9. The predicted molar refractivity (Wildman–Crippen MR) is 164 cm³/mol. The third kappa shape index (κ3) is 7.64. The Hall–Kier alpha value is -4.70. The average molecular weight is 699 g/mol. The maximum atomic E-state index is 13.9. The fraction of sp³-hybridized carbons (Fsp3) is 0.500. The molecule has 4 heterocycles. The van der Waals surface area contributed by atoms with E-state index in [9.17, 15) is 41.0 Å². The average Bonchev–Trinajstić information content (AvgIpc) is 3.06. The van der Waals surface area contributed by atoms with Crippen LogP contribution in [0.1, 0.15) is 42.9 Å². The molecule has 1 aromatic heterocycles. The first-order valence-electron chi connectivity index (χ1n) is 15.6. The molecule has 0 aliphatic carbocycles. The van der Waals surface area contributed by atoms with Crippen LogP contribution in [0.4, 0.5) is 42.8 Å². The number of ether oxygens (including phenoxy) is 2. The van der Waals surface area contributed by atoms with Crippen LogP contribution in [-0.4, -0.2) is 89.4 Å². The first-order valence-corrected chi connectivity index (χ1v) is 15.6. The quantitative estimate of drug-likeness (QED) is 0.343. The minimum Gasteiger partial charge on any atom is -0.482 e. The molecular formula is C32H36F6N6O5. The predicted octanol–water partition coefficient (Wildman–Crippen LogP) is 5.74. The minimum absolute atomic E-state index is 0.0115. The molecule has 2 aromatic rings. The van der Waals surface area contributed by atoms with Crippen molar-refractivity contribution in [1.82, 2.24) is 19.8 Å². The van der Waals surface area contributed by atoms with Gasteiger partial charge < -0.3 is 29.3 Å². The Kier molecular flexibility index (Phi) is 10.2. The van der Waals surface area contributed by atoms with Gasteiger partial charge in [-0.05, 0) is 62.1 Å². The van der Waals surface area contributed by atoms with Gasteiger partial charge in [0, 0.05) is 38.9 Å². The number of aliphatic carboxylic acids is 1. The zero-order valence-electron chi connectivity index (χ0n) is 27.0. The molecule has 5 rings (SSSR count). The van der Waals surface area contributed by atoms with Crippen LogP contribution in [0.25, 0.3) is 0 Å². The van der Waals surface area contributed by atoms with Crippen LogP contribution in [0, 0.1) is 5.92 Å². The van der Waals surface area contributed by atoms with Crippen LogP contribution in [0.2, 0.25) is 0 Å². The molecule has 2 fully saturated rings. The number of halogens is 6. The van der Waals surface area contributed by atoms with Crippen LogP contribution in [0.3, 0.4) is 0 Å². The molecular weight excluding hydrogens is 662 g/mol. The summed E-state index contributed by atoms with van der Waals surface area (Å²) in [5.41, 5.74) is -2.19. The monoisotopic (exact) mass is 698 g/mol. The van der Waals surface area contributed by atoms with E-state index in [1.807, 2.05) is 4.90 Å². The molecule has 3 atom stereocenters. The highest BCUT2D eigenvalue weighted by molar-refractivity contribution is 5.72. The van der Waals surface area contributed by atoms with Gasteiger partial charge in [0.05, 0.1) is 60.9 Å². The van der Waals surface area contributed by atoms with E-state index in [0.717, 1.165) is 0 Å². The summed E-state index contributed by atoms with van der Waals surface area (Å²) in [6.45, 7) is 2.21. The van der Waals surface area contributed by atoms with Gasteiger partial charge in [-0.25, -0.2) is 14.8 Å². The van der Waals surface area contributed by atoms with E-state index >= 15 is 0 Å². The standard InChI is InChI=1S/C32H36F6N6O5/c1-4-49-30(47)43-11-9-25(27-24(43)7-8-26(48-3)41(27)2)44(17-19-12-21(31(33,34)35)14-22(13-19)32(36,37)38)29-39-15-23(16-40-29)42-10-5-6-20(18-42)28(45)46/h7-8,12-16,20,25,27H,4-6,9-11,17-18H2,1-3H3,(H,45,46)/t20?,25-,27?/m0/s1. The first kappa shape index (κ1) is 35.6. The minimum atomic E-state index is -5.05. The van der Waals surface area contributed by atoms with Gasteiger partial charge in [-0.1, -0.05) is 0 Å². The summed E-state index contributed by atoms with van der Waals surface area (Å²) in [6.07, 6.45) is -3.15. The van der Waals surface area contributed by atoms with E-state index in [1.165, 1.54) is 29.3 Å². The Morgan fingerprint density at radius 2 is 1.65 bits per heavy atom. The fourth-order valence-corrected chi connectivity index (χ4v) is 6.58. The Balaban J connectivity index is 1.59. The Morgan fingerprint density at radius 1 is 1.00 bits per heavy atom. The van der Waals surface area contributed by atoms with Crippen LogP contribution in [-0.2, 0) is 33.2 Å². The summed E-state index contributed by atoms with van der Waals surface area (Å²) in [7, 11) is 3.14. The van der Waals surface area contributed by atoms with Crippen LogP contribution < -0.4 is 9.80 Å². The molecule has 2 unspecified atom stereocenters. The highest BCUT2D eigenvalue weighted by Gasteiger charge is 2.45. The number of allylic oxidation sites excluding steroid dienone is 2. The zero-order chi connectivity index (χ0) is 35.7. The molecule has 1 amide bonds. The van der Waals surface area contributed by atoms with Gasteiger partial charge in [-0.15, -0.1) is 0 Å². The second-order valence-corrected chi connectivity index (χ2v) is 12.0. The van der Waals surface area contributed by atoms with Crippen molar-refractivity contribution in [3.63, 3.8) is 0 Å². The van der Waals surface area contributed by atoms with Crippen molar-refractivity contribution >= 4 is 23.7 Å². The van der Waals surface area contributed by atoms with Gasteiger partial charge in [0.25, 0.3) is 0 Å². The zero-order valence-corrected chi connectivity index (χ0v) is 27.0. The van der Waals surface area contributed by atoms with E-state index in [-0.39, 0.29) is 43.7 Å². The van der Waals surface area contributed by atoms with Gasteiger partial charge >= 0.3 is 24.4 Å². The normalized spacial score (nSPS) is 21.4. The molecule has 1 N–H and O–H groups in total. The number of nitrogens with zero attached hydrogens (tertiary/aromatic N) is 6. The molecule has 0 saturated carbocycles. The highest BCUT2D eigenvalue weighted by Crippen LogP contribution is 2.39. The second-order valence-electron chi connectivity index (χ2n) is 12.0. The van der Waals surface area contributed by atoms with E-state index in [2.05, 4.69) is 9.97 Å². The van der Waals surface area contributed by atoms with Crippen LogP contribution in [0.15, 0.2) is 54.3 Å². The molecule has 266 valence electrons. The number of amides is 1. The van der Waals surface area contributed by atoms with Crippen LogP contribution in [0.5, 0.6) is 0 Å². The van der Waals surface area contributed by atoms with Gasteiger partial charge in [-0.3, -0.25) is 9.69 Å². The number of hydrogen-bond donors (Lipinski definition) is 1. The maximum Gasteiger partial charge on any atom is 0.416 e. The number of methoxy groups -OCH3 is 1. The van der Waals surface area contributed by atoms with Gasteiger partial charge in [0.15, 0.2) is 5.88 Å². The lowest BCUT2D eigenvalue weighted by Crippen LogP contribution is -2.60. The molecule has 3 aliphatic heterocycles. The van der Waals surface area contributed by atoms with Crippen molar-refractivity contribution in [2.75, 3.05) is 50.2 Å². The summed E-state index contributed by atoms with van der Waals surface area (Å²) in [4.78, 5) is 40.1. The van der Waals surface area contributed by atoms with E-state index < -0.39 is 60.1 Å². The topological polar surface area (TPSA) is 112 Å². The lowest BCUT2D eigenvalue weighted by Gasteiger charge is -2.49. The van der Waals surface area contributed by atoms with E-state index in [4.69, 9.17) is 9.47 Å². The number of alkyl halides is 6. The summed E-state index contributed by atoms with van der Waals surface area (Å²) in [6, 6.07) is 0.0260. The molecule has 0 radical (unpaired) electrons. The number of aromatic nitrogens is 2. The van der Waals surface area contributed by atoms with Gasteiger partial charge in [0.2, 0.25) is 5.95 Å².